The zero-order chi connectivity index (χ0) is 13.3. The minimum absolute atomic E-state index is 0.0383. The summed E-state index contributed by atoms with van der Waals surface area (Å²) in [4.78, 5) is 14.8. The third kappa shape index (κ3) is 2.20. The van der Waals surface area contributed by atoms with Crippen molar-refractivity contribution in [2.75, 3.05) is 6.54 Å². The number of aromatic nitrogens is 2. The number of imidazole rings is 1. The van der Waals surface area contributed by atoms with E-state index in [0.717, 1.165) is 17.5 Å². The highest BCUT2D eigenvalue weighted by Crippen LogP contribution is 2.23. The monoisotopic (exact) mass is 247 g/mol. The van der Waals surface area contributed by atoms with Gasteiger partial charge < -0.3 is 10.7 Å². The first-order chi connectivity index (χ1) is 8.54. The van der Waals surface area contributed by atoms with Crippen molar-refractivity contribution in [1.29, 1.82) is 0 Å². The number of nitrogens with two attached hydrogens (primary N) is 1. The first kappa shape index (κ1) is 12.9. The molecule has 4 heteroatoms. The Hall–Kier alpha value is -1.55. The number of benzene rings is 1. The molecule has 0 aliphatic heterocycles. The molecule has 18 heavy (non-hydrogen) atoms. The Bertz CT molecular complexity index is 595. The molecule has 0 saturated heterocycles. The summed E-state index contributed by atoms with van der Waals surface area (Å²) in [6.45, 7) is 6.87. The lowest BCUT2D eigenvalue weighted by molar-refractivity contribution is 0.598. The van der Waals surface area contributed by atoms with Crippen LogP contribution in [0.1, 0.15) is 44.7 Å². The van der Waals surface area contributed by atoms with Crippen LogP contribution in [0.25, 0.3) is 11.0 Å². The first-order valence-corrected chi connectivity index (χ1v) is 6.48. The minimum atomic E-state index is -0.0383. The maximum Gasteiger partial charge on any atom is 0.326 e. The standard InChI is InChI=1S/C14H21N3O/c1-9(2)17-13-5-4-11(10(3)6-7-15)8-12(13)16-14(17)18/h4-5,8-10H,6-7,15H2,1-3H3,(H,16,18). The van der Waals surface area contributed by atoms with E-state index in [9.17, 15) is 4.79 Å². The highest BCUT2D eigenvalue weighted by molar-refractivity contribution is 5.76. The molecule has 3 N–H and O–H groups in total. The van der Waals surface area contributed by atoms with Gasteiger partial charge in [-0.05, 0) is 50.4 Å². The summed E-state index contributed by atoms with van der Waals surface area (Å²) >= 11 is 0. The Morgan fingerprint density at radius 1 is 1.33 bits per heavy atom. The molecule has 0 saturated carbocycles. The molecule has 1 unspecified atom stereocenters. The van der Waals surface area contributed by atoms with E-state index in [2.05, 4.69) is 24.0 Å². The van der Waals surface area contributed by atoms with Gasteiger partial charge in [0.2, 0.25) is 0 Å². The van der Waals surface area contributed by atoms with Crippen molar-refractivity contribution >= 4 is 11.0 Å². The molecular formula is C14H21N3O. The van der Waals surface area contributed by atoms with Crippen LogP contribution in [0.3, 0.4) is 0 Å². The smallest absolute Gasteiger partial charge is 0.326 e. The molecule has 4 nitrogen and oxygen atoms in total. The van der Waals surface area contributed by atoms with Crippen LogP contribution in [0, 0.1) is 0 Å². The van der Waals surface area contributed by atoms with Crippen LogP contribution < -0.4 is 11.4 Å². The number of aromatic amines is 1. The molecule has 1 aromatic heterocycles. The molecule has 0 aliphatic rings. The largest absolute Gasteiger partial charge is 0.330 e. The molecule has 0 bridgehead atoms. The van der Waals surface area contributed by atoms with Crippen molar-refractivity contribution < 1.29 is 0 Å². The van der Waals surface area contributed by atoms with E-state index in [1.165, 1.54) is 5.56 Å². The quantitative estimate of drug-likeness (QED) is 0.871. The Balaban J connectivity index is 2.51. The Morgan fingerprint density at radius 3 is 2.67 bits per heavy atom. The van der Waals surface area contributed by atoms with E-state index >= 15 is 0 Å². The molecule has 0 spiro atoms. The third-order valence-corrected chi connectivity index (χ3v) is 3.43. The molecule has 2 rings (SSSR count). The molecule has 0 aliphatic carbocycles. The fourth-order valence-electron chi connectivity index (χ4n) is 2.38. The zero-order valence-corrected chi connectivity index (χ0v) is 11.2. The molecule has 0 fully saturated rings. The fourth-order valence-corrected chi connectivity index (χ4v) is 2.38. The molecule has 1 atom stereocenters. The number of rotatable bonds is 4. The maximum absolute atomic E-state index is 11.9. The summed E-state index contributed by atoms with van der Waals surface area (Å²) < 4.78 is 1.78. The van der Waals surface area contributed by atoms with Gasteiger partial charge in [-0.2, -0.15) is 0 Å². The van der Waals surface area contributed by atoms with E-state index in [4.69, 9.17) is 5.73 Å². The average Bonchev–Trinajstić information content (AvgIpc) is 2.63. The summed E-state index contributed by atoms with van der Waals surface area (Å²) in [6, 6.07) is 6.35. The van der Waals surface area contributed by atoms with E-state index in [1.54, 1.807) is 4.57 Å². The Morgan fingerprint density at radius 2 is 2.06 bits per heavy atom. The lowest BCUT2D eigenvalue weighted by atomic mass is 9.97. The van der Waals surface area contributed by atoms with Crippen LogP contribution in [0.15, 0.2) is 23.0 Å². The van der Waals surface area contributed by atoms with Crippen LogP contribution in [0.5, 0.6) is 0 Å². The molecule has 1 aromatic carbocycles. The second kappa shape index (κ2) is 4.98. The van der Waals surface area contributed by atoms with Gasteiger partial charge in [-0.1, -0.05) is 13.0 Å². The summed E-state index contributed by atoms with van der Waals surface area (Å²) in [5, 5.41) is 0. The summed E-state index contributed by atoms with van der Waals surface area (Å²) in [5.74, 6) is 0.422. The van der Waals surface area contributed by atoms with Crippen molar-refractivity contribution in [2.24, 2.45) is 5.73 Å². The van der Waals surface area contributed by atoms with Gasteiger partial charge in [0.05, 0.1) is 11.0 Å². The molecule has 0 radical (unpaired) electrons. The van der Waals surface area contributed by atoms with Crippen LogP contribution >= 0.6 is 0 Å². The summed E-state index contributed by atoms with van der Waals surface area (Å²) in [7, 11) is 0. The van der Waals surface area contributed by atoms with Crippen molar-refractivity contribution in [2.45, 2.75) is 39.2 Å². The Kier molecular flexibility index (Phi) is 3.57. The highest BCUT2D eigenvalue weighted by atomic mass is 16.1. The number of H-pyrrole nitrogens is 1. The van der Waals surface area contributed by atoms with Gasteiger partial charge in [0.1, 0.15) is 0 Å². The highest BCUT2D eigenvalue weighted by Gasteiger charge is 2.11. The number of nitrogens with zero attached hydrogens (tertiary/aromatic N) is 1. The fraction of sp³-hybridized carbons (Fsp3) is 0.500. The topological polar surface area (TPSA) is 63.8 Å². The zero-order valence-electron chi connectivity index (χ0n) is 11.2. The van der Waals surface area contributed by atoms with Crippen LogP contribution in [-0.4, -0.2) is 16.1 Å². The first-order valence-electron chi connectivity index (χ1n) is 6.48. The average molecular weight is 247 g/mol. The normalized spacial score (nSPS) is 13.4. The minimum Gasteiger partial charge on any atom is -0.330 e. The van der Waals surface area contributed by atoms with Crippen molar-refractivity contribution in [1.82, 2.24) is 9.55 Å². The predicted octanol–water partition coefficient (Wildman–Crippen LogP) is 2.36. The summed E-state index contributed by atoms with van der Waals surface area (Å²) in [5.41, 5.74) is 8.66. The van der Waals surface area contributed by atoms with Crippen molar-refractivity contribution in [3.05, 3.63) is 34.2 Å². The third-order valence-electron chi connectivity index (χ3n) is 3.43. The van der Waals surface area contributed by atoms with Gasteiger partial charge >= 0.3 is 5.69 Å². The second-order valence-corrected chi connectivity index (χ2v) is 5.15. The number of nitrogens with one attached hydrogen (secondary N) is 1. The van der Waals surface area contributed by atoms with Gasteiger partial charge in [0, 0.05) is 6.04 Å². The molecule has 0 amide bonds. The lowest BCUT2D eigenvalue weighted by Crippen LogP contribution is -2.18. The van der Waals surface area contributed by atoms with Crippen LogP contribution in [0.4, 0.5) is 0 Å². The van der Waals surface area contributed by atoms with Gasteiger partial charge in [-0.3, -0.25) is 4.57 Å². The van der Waals surface area contributed by atoms with Crippen LogP contribution in [0.2, 0.25) is 0 Å². The number of hydrogen-bond acceptors (Lipinski definition) is 2. The SMILES string of the molecule is CC(CCN)c1ccc2c(c1)[nH]c(=O)n2C(C)C. The van der Waals surface area contributed by atoms with Gasteiger partial charge in [-0.25, -0.2) is 4.79 Å². The van der Waals surface area contributed by atoms with E-state index in [-0.39, 0.29) is 11.7 Å². The lowest BCUT2D eigenvalue weighted by Gasteiger charge is -2.11. The predicted molar refractivity (Wildman–Crippen MR) is 75.0 cm³/mol. The molecule has 1 heterocycles. The van der Waals surface area contributed by atoms with E-state index in [0.29, 0.717) is 12.5 Å². The van der Waals surface area contributed by atoms with Crippen molar-refractivity contribution in [3.63, 3.8) is 0 Å². The Labute approximate surface area is 107 Å². The maximum atomic E-state index is 11.9. The van der Waals surface area contributed by atoms with Gasteiger partial charge in [-0.15, -0.1) is 0 Å². The second-order valence-electron chi connectivity index (χ2n) is 5.15. The van der Waals surface area contributed by atoms with Crippen LogP contribution in [-0.2, 0) is 0 Å². The van der Waals surface area contributed by atoms with E-state index in [1.807, 2.05) is 19.9 Å². The van der Waals surface area contributed by atoms with Crippen molar-refractivity contribution in [3.8, 4) is 0 Å². The molecule has 2 aromatic rings. The molecular weight excluding hydrogens is 226 g/mol. The summed E-state index contributed by atoms with van der Waals surface area (Å²) in [6.07, 6.45) is 0.959. The van der Waals surface area contributed by atoms with E-state index < -0.39 is 0 Å². The number of hydrogen-bond donors (Lipinski definition) is 2. The van der Waals surface area contributed by atoms with Gasteiger partial charge in [0.25, 0.3) is 0 Å². The number of fused-ring (bicyclic) bond motifs is 1. The molecule has 98 valence electrons. The van der Waals surface area contributed by atoms with Gasteiger partial charge in [0.15, 0.2) is 0 Å².